The summed E-state index contributed by atoms with van der Waals surface area (Å²) < 4.78 is 10.9. The van der Waals surface area contributed by atoms with Crippen LogP contribution in [0.25, 0.3) is 0 Å². The van der Waals surface area contributed by atoms with Gasteiger partial charge in [-0.25, -0.2) is 0 Å². The summed E-state index contributed by atoms with van der Waals surface area (Å²) in [6, 6.07) is 18.2. The van der Waals surface area contributed by atoms with E-state index in [0.717, 1.165) is 11.3 Å². The van der Waals surface area contributed by atoms with Crippen molar-refractivity contribution in [1.29, 1.82) is 0 Å². The number of thioether (sulfide) groups is 1. The second-order valence-electron chi connectivity index (χ2n) is 6.97. The maximum atomic E-state index is 12.6. The minimum Gasteiger partial charge on any atom is -0.489 e. The van der Waals surface area contributed by atoms with Crippen molar-refractivity contribution in [3.8, 4) is 5.75 Å². The fourth-order valence-electron chi connectivity index (χ4n) is 3.29. The molecule has 0 aliphatic carbocycles. The number of nitrogens with one attached hydrogen (secondary N) is 1. The van der Waals surface area contributed by atoms with Gasteiger partial charge in [-0.1, -0.05) is 30.9 Å². The standard InChI is InChI=1S/C24H22N2O4S/c1-2-12-29-20-6-3-5-19(14-20)25-23(28)17-8-10-18(11-9-17)24-26(22(27)16-31-24)15-21-7-4-13-30-21/h2-11,13-14,24H,1,12,15-16H2,(H,25,28). The Labute approximate surface area is 184 Å². The second-order valence-corrected chi connectivity index (χ2v) is 8.04. The van der Waals surface area contributed by atoms with Crippen LogP contribution in [-0.2, 0) is 11.3 Å². The first-order valence-corrected chi connectivity index (χ1v) is 10.9. The molecular weight excluding hydrogens is 412 g/mol. The number of furan rings is 1. The predicted molar refractivity (Wildman–Crippen MR) is 121 cm³/mol. The van der Waals surface area contributed by atoms with Crippen molar-refractivity contribution in [2.75, 3.05) is 17.7 Å². The molecule has 2 heterocycles. The molecule has 1 atom stereocenters. The van der Waals surface area contributed by atoms with E-state index in [1.165, 1.54) is 0 Å². The lowest BCUT2D eigenvalue weighted by Crippen LogP contribution is -2.27. The van der Waals surface area contributed by atoms with Crippen molar-refractivity contribution >= 4 is 29.3 Å². The molecule has 4 rings (SSSR count). The fourth-order valence-corrected chi connectivity index (χ4v) is 4.48. The molecule has 1 aliphatic rings. The molecule has 3 aromatic rings. The van der Waals surface area contributed by atoms with Gasteiger partial charge in [-0.05, 0) is 42.0 Å². The van der Waals surface area contributed by atoms with Crippen LogP contribution in [0.15, 0.2) is 84.0 Å². The van der Waals surface area contributed by atoms with E-state index < -0.39 is 0 Å². The molecule has 6 nitrogen and oxygen atoms in total. The summed E-state index contributed by atoms with van der Waals surface area (Å²) in [4.78, 5) is 26.8. The molecule has 0 bridgehead atoms. The molecule has 1 aliphatic heterocycles. The van der Waals surface area contributed by atoms with Crippen molar-refractivity contribution in [2.45, 2.75) is 11.9 Å². The predicted octanol–water partition coefficient (Wildman–Crippen LogP) is 4.87. The molecule has 1 fully saturated rings. The van der Waals surface area contributed by atoms with Crippen molar-refractivity contribution < 1.29 is 18.7 Å². The van der Waals surface area contributed by atoms with Crippen molar-refractivity contribution in [2.24, 2.45) is 0 Å². The average molecular weight is 435 g/mol. The van der Waals surface area contributed by atoms with Gasteiger partial charge in [-0.15, -0.1) is 11.8 Å². The number of hydrogen-bond donors (Lipinski definition) is 1. The number of carbonyl (C=O) groups excluding carboxylic acids is 2. The third-order valence-corrected chi connectivity index (χ3v) is 6.05. The number of carbonyl (C=O) groups is 2. The van der Waals surface area contributed by atoms with Crippen molar-refractivity contribution in [3.63, 3.8) is 0 Å². The molecule has 1 saturated heterocycles. The minimum absolute atomic E-state index is 0.0757. The molecular formula is C24H22N2O4S. The highest BCUT2D eigenvalue weighted by molar-refractivity contribution is 8.00. The lowest BCUT2D eigenvalue weighted by Gasteiger charge is -2.23. The molecule has 1 unspecified atom stereocenters. The van der Waals surface area contributed by atoms with Gasteiger partial charge >= 0.3 is 0 Å². The molecule has 2 aromatic carbocycles. The molecule has 0 saturated carbocycles. The van der Waals surface area contributed by atoms with E-state index in [4.69, 9.17) is 9.15 Å². The van der Waals surface area contributed by atoms with Crippen molar-refractivity contribution in [3.05, 3.63) is 96.5 Å². The number of ether oxygens (including phenoxy) is 1. The topological polar surface area (TPSA) is 71.8 Å². The molecule has 31 heavy (non-hydrogen) atoms. The summed E-state index contributed by atoms with van der Waals surface area (Å²) in [5.41, 5.74) is 2.16. The van der Waals surface area contributed by atoms with E-state index in [9.17, 15) is 9.59 Å². The van der Waals surface area contributed by atoms with Crippen molar-refractivity contribution in [1.82, 2.24) is 4.90 Å². The number of rotatable bonds is 8. The Hall–Kier alpha value is -3.45. The molecule has 0 radical (unpaired) electrons. The Morgan fingerprint density at radius 3 is 2.81 bits per heavy atom. The Kier molecular flexibility index (Phi) is 6.43. The highest BCUT2D eigenvalue weighted by Gasteiger charge is 2.33. The van der Waals surface area contributed by atoms with E-state index in [0.29, 0.717) is 35.9 Å². The van der Waals surface area contributed by atoms with Crippen LogP contribution in [0.3, 0.4) is 0 Å². The Balaban J connectivity index is 1.43. The van der Waals surface area contributed by atoms with Crippen LogP contribution in [0.1, 0.15) is 27.1 Å². The van der Waals surface area contributed by atoms with Gasteiger partial charge < -0.3 is 19.4 Å². The molecule has 158 valence electrons. The summed E-state index contributed by atoms with van der Waals surface area (Å²) in [5, 5.41) is 2.78. The first-order chi connectivity index (χ1) is 15.1. The molecule has 1 aromatic heterocycles. The first kappa shape index (κ1) is 20.8. The van der Waals surface area contributed by atoms with Crippen LogP contribution in [-0.4, -0.2) is 29.1 Å². The molecule has 2 amide bonds. The molecule has 7 heteroatoms. The van der Waals surface area contributed by atoms with E-state index >= 15 is 0 Å². The van der Waals surface area contributed by atoms with Crippen LogP contribution in [0.4, 0.5) is 5.69 Å². The summed E-state index contributed by atoms with van der Waals surface area (Å²) in [6.45, 7) is 4.45. The van der Waals surface area contributed by atoms with Crippen LogP contribution in [0.5, 0.6) is 5.75 Å². The average Bonchev–Trinajstić information content (AvgIpc) is 3.43. The normalized spacial score (nSPS) is 15.7. The number of amides is 2. The maximum absolute atomic E-state index is 12.6. The Morgan fingerprint density at radius 2 is 2.06 bits per heavy atom. The van der Waals surface area contributed by atoms with Gasteiger partial charge in [0.2, 0.25) is 5.91 Å². The summed E-state index contributed by atoms with van der Waals surface area (Å²) in [6.07, 6.45) is 3.27. The summed E-state index contributed by atoms with van der Waals surface area (Å²) >= 11 is 1.57. The van der Waals surface area contributed by atoms with Crippen LogP contribution in [0.2, 0.25) is 0 Å². The van der Waals surface area contributed by atoms with Gasteiger partial charge in [0.1, 0.15) is 23.5 Å². The van der Waals surface area contributed by atoms with Gasteiger partial charge in [-0.3, -0.25) is 9.59 Å². The fraction of sp³-hybridized carbons (Fsp3) is 0.167. The lowest BCUT2D eigenvalue weighted by molar-refractivity contribution is -0.128. The minimum atomic E-state index is -0.213. The van der Waals surface area contributed by atoms with E-state index in [1.807, 2.05) is 36.4 Å². The van der Waals surface area contributed by atoms with Gasteiger partial charge in [0.25, 0.3) is 5.91 Å². The highest BCUT2D eigenvalue weighted by Crippen LogP contribution is 2.39. The lowest BCUT2D eigenvalue weighted by atomic mass is 10.1. The third kappa shape index (κ3) is 5.00. The monoisotopic (exact) mass is 434 g/mol. The van der Waals surface area contributed by atoms with E-state index in [2.05, 4.69) is 11.9 Å². The van der Waals surface area contributed by atoms with Gasteiger partial charge in [0, 0.05) is 17.3 Å². The van der Waals surface area contributed by atoms with Gasteiger partial charge in [0.15, 0.2) is 0 Å². The quantitative estimate of drug-likeness (QED) is 0.512. The van der Waals surface area contributed by atoms with Gasteiger partial charge in [0.05, 0.1) is 18.6 Å². The van der Waals surface area contributed by atoms with Crippen LogP contribution >= 0.6 is 11.8 Å². The second kappa shape index (κ2) is 9.57. The molecule has 1 N–H and O–H groups in total. The maximum Gasteiger partial charge on any atom is 0.255 e. The Morgan fingerprint density at radius 1 is 1.23 bits per heavy atom. The van der Waals surface area contributed by atoms with E-state index in [-0.39, 0.29) is 17.2 Å². The highest BCUT2D eigenvalue weighted by atomic mass is 32.2. The zero-order valence-electron chi connectivity index (χ0n) is 16.8. The summed E-state index contributed by atoms with van der Waals surface area (Å²) in [7, 11) is 0. The number of benzene rings is 2. The number of nitrogens with zero attached hydrogens (tertiary/aromatic N) is 1. The third-order valence-electron chi connectivity index (χ3n) is 4.79. The summed E-state index contributed by atoms with van der Waals surface area (Å²) in [5.74, 6) is 1.70. The van der Waals surface area contributed by atoms with Crippen LogP contribution in [0, 0.1) is 0 Å². The van der Waals surface area contributed by atoms with E-state index in [1.54, 1.807) is 53.3 Å². The molecule has 0 spiro atoms. The van der Waals surface area contributed by atoms with Crippen LogP contribution < -0.4 is 10.1 Å². The Bertz CT molecular complexity index is 1060. The number of hydrogen-bond acceptors (Lipinski definition) is 5. The zero-order valence-corrected chi connectivity index (χ0v) is 17.6. The number of anilines is 1. The largest absolute Gasteiger partial charge is 0.489 e. The zero-order chi connectivity index (χ0) is 21.6. The smallest absolute Gasteiger partial charge is 0.255 e. The first-order valence-electron chi connectivity index (χ1n) is 9.82. The van der Waals surface area contributed by atoms with Gasteiger partial charge in [-0.2, -0.15) is 0 Å². The SMILES string of the molecule is C=CCOc1cccc(NC(=O)c2ccc(C3SCC(=O)N3Cc3ccco3)cc2)c1.